The third-order valence-electron chi connectivity index (χ3n) is 2.21. The maximum Gasteiger partial charge on any atom is 0.253 e. The molecule has 1 amide bonds. The van der Waals surface area contributed by atoms with E-state index in [0.29, 0.717) is 17.8 Å². The van der Waals surface area contributed by atoms with E-state index in [-0.39, 0.29) is 24.4 Å². The highest BCUT2D eigenvalue weighted by Gasteiger charge is 2.10. The van der Waals surface area contributed by atoms with Gasteiger partial charge in [0.25, 0.3) is 5.91 Å². The summed E-state index contributed by atoms with van der Waals surface area (Å²) in [4.78, 5) is 11.7. The molecule has 0 radical (unpaired) electrons. The van der Waals surface area contributed by atoms with E-state index in [9.17, 15) is 4.79 Å². The molecular formula is C11H16BrClN2O2. The summed E-state index contributed by atoms with van der Waals surface area (Å²) in [5.41, 5.74) is 6.67. The molecular weight excluding hydrogens is 307 g/mol. The van der Waals surface area contributed by atoms with Gasteiger partial charge in [0.15, 0.2) is 0 Å². The maximum absolute atomic E-state index is 11.7. The van der Waals surface area contributed by atoms with Crippen molar-refractivity contribution in [2.24, 2.45) is 0 Å². The lowest BCUT2D eigenvalue weighted by molar-refractivity contribution is 0.0871. The van der Waals surface area contributed by atoms with E-state index in [1.165, 1.54) is 0 Å². The molecule has 0 aliphatic rings. The van der Waals surface area contributed by atoms with Crippen LogP contribution in [-0.2, 0) is 4.74 Å². The van der Waals surface area contributed by atoms with Crippen molar-refractivity contribution in [2.45, 2.75) is 13.0 Å². The minimum absolute atomic E-state index is 0. The lowest BCUT2D eigenvalue weighted by Gasteiger charge is -2.11. The molecule has 1 rings (SSSR count). The Bertz CT molecular complexity index is 388. The normalized spacial score (nSPS) is 11.5. The predicted molar refractivity (Wildman–Crippen MR) is 74.6 cm³/mol. The van der Waals surface area contributed by atoms with Crippen molar-refractivity contribution >= 4 is 39.9 Å². The predicted octanol–water partition coefficient (Wildman–Crippen LogP) is 2.22. The van der Waals surface area contributed by atoms with E-state index in [4.69, 9.17) is 10.5 Å². The van der Waals surface area contributed by atoms with Gasteiger partial charge in [-0.2, -0.15) is 0 Å². The fraction of sp³-hybridized carbons (Fsp3) is 0.364. The van der Waals surface area contributed by atoms with Crippen molar-refractivity contribution in [2.75, 3.05) is 19.4 Å². The molecule has 6 heteroatoms. The standard InChI is InChI=1S/C11H15BrN2O2.ClH/c1-7(16-2)6-14-11(15)9-4-3-8(12)5-10(9)13;/h3-5,7H,6,13H2,1-2H3,(H,14,15);1H. The van der Waals surface area contributed by atoms with Crippen LogP contribution in [0.2, 0.25) is 0 Å². The van der Waals surface area contributed by atoms with Gasteiger partial charge in [-0.1, -0.05) is 15.9 Å². The van der Waals surface area contributed by atoms with Gasteiger partial charge in [0.1, 0.15) is 0 Å². The number of amides is 1. The number of ether oxygens (including phenoxy) is 1. The Morgan fingerprint density at radius 1 is 1.59 bits per heavy atom. The van der Waals surface area contributed by atoms with Gasteiger partial charge in [-0.05, 0) is 25.1 Å². The zero-order valence-electron chi connectivity index (χ0n) is 9.70. The number of benzene rings is 1. The van der Waals surface area contributed by atoms with E-state index < -0.39 is 0 Å². The molecule has 0 aliphatic heterocycles. The number of hydrogen-bond acceptors (Lipinski definition) is 3. The highest BCUT2D eigenvalue weighted by Crippen LogP contribution is 2.18. The van der Waals surface area contributed by atoms with Gasteiger partial charge in [0, 0.05) is 23.8 Å². The zero-order valence-corrected chi connectivity index (χ0v) is 12.1. The lowest BCUT2D eigenvalue weighted by Crippen LogP contribution is -2.31. The van der Waals surface area contributed by atoms with Crippen molar-refractivity contribution in [3.63, 3.8) is 0 Å². The summed E-state index contributed by atoms with van der Waals surface area (Å²) in [5, 5.41) is 2.75. The first-order valence-electron chi connectivity index (χ1n) is 4.90. The van der Waals surface area contributed by atoms with Crippen molar-refractivity contribution < 1.29 is 9.53 Å². The molecule has 0 aromatic heterocycles. The van der Waals surface area contributed by atoms with Gasteiger partial charge in [0.2, 0.25) is 0 Å². The van der Waals surface area contributed by atoms with Crippen molar-refractivity contribution in [1.29, 1.82) is 0 Å². The number of nitrogens with two attached hydrogens (primary N) is 1. The van der Waals surface area contributed by atoms with Crippen LogP contribution in [0.5, 0.6) is 0 Å². The minimum atomic E-state index is -0.186. The molecule has 3 N–H and O–H groups in total. The monoisotopic (exact) mass is 322 g/mol. The summed E-state index contributed by atoms with van der Waals surface area (Å²) in [6, 6.07) is 5.17. The van der Waals surface area contributed by atoms with E-state index in [1.807, 2.05) is 6.92 Å². The molecule has 0 bridgehead atoms. The molecule has 1 atom stereocenters. The van der Waals surface area contributed by atoms with Crippen LogP contribution in [0.25, 0.3) is 0 Å². The highest BCUT2D eigenvalue weighted by atomic mass is 79.9. The van der Waals surface area contributed by atoms with E-state index in [2.05, 4.69) is 21.2 Å². The molecule has 1 aromatic rings. The van der Waals surface area contributed by atoms with Crippen LogP contribution in [0.15, 0.2) is 22.7 Å². The van der Waals surface area contributed by atoms with Crippen LogP contribution >= 0.6 is 28.3 Å². The number of nitrogen functional groups attached to an aromatic ring is 1. The Morgan fingerprint density at radius 3 is 2.76 bits per heavy atom. The van der Waals surface area contributed by atoms with Gasteiger partial charge in [-0.25, -0.2) is 0 Å². The van der Waals surface area contributed by atoms with Crippen LogP contribution in [0.4, 0.5) is 5.69 Å². The van der Waals surface area contributed by atoms with Gasteiger partial charge >= 0.3 is 0 Å². The molecule has 96 valence electrons. The number of halogens is 2. The average Bonchev–Trinajstić information content (AvgIpc) is 2.25. The van der Waals surface area contributed by atoms with Gasteiger partial charge < -0.3 is 15.8 Å². The molecule has 1 aromatic carbocycles. The molecule has 0 fully saturated rings. The summed E-state index contributed by atoms with van der Waals surface area (Å²) in [5.74, 6) is -0.186. The lowest BCUT2D eigenvalue weighted by atomic mass is 10.1. The van der Waals surface area contributed by atoms with Crippen molar-refractivity contribution in [3.05, 3.63) is 28.2 Å². The molecule has 0 saturated heterocycles. The molecule has 0 saturated carbocycles. The van der Waals surface area contributed by atoms with Crippen LogP contribution in [0.1, 0.15) is 17.3 Å². The first kappa shape index (κ1) is 16.2. The third-order valence-corrected chi connectivity index (χ3v) is 2.70. The molecule has 17 heavy (non-hydrogen) atoms. The number of hydrogen-bond donors (Lipinski definition) is 2. The first-order valence-corrected chi connectivity index (χ1v) is 5.70. The number of rotatable bonds is 4. The Morgan fingerprint density at radius 2 is 2.24 bits per heavy atom. The Kier molecular flexibility index (Phi) is 7.18. The third kappa shape index (κ3) is 4.93. The summed E-state index contributed by atoms with van der Waals surface area (Å²) in [6.07, 6.45) is -0.0133. The number of nitrogens with one attached hydrogen (secondary N) is 1. The van der Waals surface area contributed by atoms with Crippen LogP contribution < -0.4 is 11.1 Å². The average molecular weight is 324 g/mol. The molecule has 0 spiro atoms. The van der Waals surface area contributed by atoms with Crippen molar-refractivity contribution in [3.8, 4) is 0 Å². The Labute approximate surface area is 115 Å². The van der Waals surface area contributed by atoms with E-state index >= 15 is 0 Å². The summed E-state index contributed by atoms with van der Waals surface area (Å²) in [7, 11) is 1.60. The van der Waals surface area contributed by atoms with Crippen molar-refractivity contribution in [1.82, 2.24) is 5.32 Å². The van der Waals surface area contributed by atoms with Crippen LogP contribution in [-0.4, -0.2) is 25.7 Å². The van der Waals surface area contributed by atoms with Gasteiger partial charge in [0.05, 0.1) is 11.7 Å². The van der Waals surface area contributed by atoms with Crippen LogP contribution in [0, 0.1) is 0 Å². The fourth-order valence-corrected chi connectivity index (χ4v) is 1.53. The minimum Gasteiger partial charge on any atom is -0.398 e. The number of anilines is 1. The second kappa shape index (κ2) is 7.53. The number of carbonyl (C=O) groups excluding carboxylic acids is 1. The summed E-state index contributed by atoms with van der Waals surface area (Å²) < 4.78 is 5.89. The Hall–Kier alpha value is -0.780. The highest BCUT2D eigenvalue weighted by molar-refractivity contribution is 9.10. The first-order chi connectivity index (χ1) is 7.54. The van der Waals surface area contributed by atoms with E-state index in [1.54, 1.807) is 25.3 Å². The van der Waals surface area contributed by atoms with Gasteiger partial charge in [-0.15, -0.1) is 12.4 Å². The van der Waals surface area contributed by atoms with Crippen LogP contribution in [0.3, 0.4) is 0 Å². The topological polar surface area (TPSA) is 64.3 Å². The Balaban J connectivity index is 0.00000256. The van der Waals surface area contributed by atoms with Gasteiger partial charge in [-0.3, -0.25) is 4.79 Å². The molecule has 4 nitrogen and oxygen atoms in total. The fourth-order valence-electron chi connectivity index (χ4n) is 1.16. The maximum atomic E-state index is 11.7. The second-order valence-corrected chi connectivity index (χ2v) is 4.40. The molecule has 1 unspecified atom stereocenters. The summed E-state index contributed by atoms with van der Waals surface area (Å²) in [6.45, 7) is 2.34. The molecule has 0 heterocycles. The second-order valence-electron chi connectivity index (χ2n) is 3.49. The number of carbonyl (C=O) groups is 1. The SMILES string of the molecule is COC(C)CNC(=O)c1ccc(Br)cc1N.Cl. The largest absolute Gasteiger partial charge is 0.398 e. The van der Waals surface area contributed by atoms with E-state index in [0.717, 1.165) is 4.47 Å². The zero-order chi connectivity index (χ0) is 12.1. The molecule has 0 aliphatic carbocycles. The summed E-state index contributed by atoms with van der Waals surface area (Å²) >= 11 is 3.29. The quantitative estimate of drug-likeness (QED) is 0.835. The number of methoxy groups -OCH3 is 1. The smallest absolute Gasteiger partial charge is 0.253 e.